The second-order valence-corrected chi connectivity index (χ2v) is 5.95. The maximum Gasteiger partial charge on any atom is 0.254 e. The van der Waals surface area contributed by atoms with Gasteiger partial charge in [0, 0.05) is 29.8 Å². The van der Waals surface area contributed by atoms with Crippen LogP contribution in [0.2, 0.25) is 0 Å². The number of furan rings is 1. The Bertz CT molecular complexity index is 897. The Morgan fingerprint density at radius 1 is 1.23 bits per heavy atom. The quantitative estimate of drug-likeness (QED) is 0.538. The number of carbonyl (C=O) groups is 1. The molecule has 0 aliphatic rings. The predicted octanol–water partition coefficient (Wildman–Crippen LogP) is 2.60. The van der Waals surface area contributed by atoms with E-state index in [2.05, 4.69) is 16.4 Å². The number of nitrogens with two attached hydrogens (primary N) is 1. The molecule has 2 heterocycles. The Morgan fingerprint density at radius 2 is 2.08 bits per heavy atom. The number of H-pyrrole nitrogens is 1. The third-order valence-electron chi connectivity index (χ3n) is 4.21. The molecule has 0 aliphatic carbocycles. The minimum Gasteiger partial charge on any atom is -0.497 e. The number of nitrogens with one attached hydrogen (secondary N) is 2. The molecule has 7 nitrogen and oxygen atoms in total. The van der Waals surface area contributed by atoms with E-state index >= 15 is 0 Å². The molecule has 7 heteroatoms. The highest BCUT2D eigenvalue weighted by molar-refractivity contribution is 5.94. The van der Waals surface area contributed by atoms with Gasteiger partial charge in [-0.1, -0.05) is 0 Å². The molecular weight excluding hydrogens is 334 g/mol. The van der Waals surface area contributed by atoms with Crippen molar-refractivity contribution in [3.8, 4) is 11.5 Å². The minimum atomic E-state index is -0.156. The fourth-order valence-electron chi connectivity index (χ4n) is 2.85. The molecule has 0 saturated heterocycles. The number of methoxy groups -OCH3 is 2. The fourth-order valence-corrected chi connectivity index (χ4v) is 2.85. The van der Waals surface area contributed by atoms with Gasteiger partial charge in [-0.25, -0.2) is 0 Å². The lowest BCUT2D eigenvalue weighted by atomic mass is 10.2. The Balaban J connectivity index is 1.57. The van der Waals surface area contributed by atoms with Gasteiger partial charge in [0.15, 0.2) is 0 Å². The number of benzene rings is 1. The van der Waals surface area contributed by atoms with Crippen LogP contribution >= 0.6 is 0 Å². The molecule has 2 aromatic heterocycles. The average Bonchev–Trinajstić information content (AvgIpc) is 3.30. The molecule has 1 amide bonds. The smallest absolute Gasteiger partial charge is 0.254 e. The lowest BCUT2D eigenvalue weighted by molar-refractivity contribution is 0.0952. The molecular formula is C19H23N3O4. The summed E-state index contributed by atoms with van der Waals surface area (Å²) in [4.78, 5) is 15.4. The summed E-state index contributed by atoms with van der Waals surface area (Å²) < 4.78 is 15.9. The van der Waals surface area contributed by atoms with Gasteiger partial charge in [0.2, 0.25) is 0 Å². The van der Waals surface area contributed by atoms with E-state index in [1.165, 1.54) is 6.26 Å². The molecule has 26 heavy (non-hydrogen) atoms. The normalized spacial score (nSPS) is 10.9. The molecule has 0 fully saturated rings. The van der Waals surface area contributed by atoms with Gasteiger partial charge in [0.1, 0.15) is 23.5 Å². The molecule has 3 aromatic rings. The summed E-state index contributed by atoms with van der Waals surface area (Å²) in [5.41, 5.74) is 8.01. The number of ether oxygens (including phenoxy) is 2. The highest BCUT2D eigenvalue weighted by Crippen LogP contribution is 2.31. The molecule has 0 saturated carbocycles. The molecule has 0 bridgehead atoms. The van der Waals surface area contributed by atoms with Crippen LogP contribution in [0.4, 0.5) is 0 Å². The van der Waals surface area contributed by atoms with Crippen molar-refractivity contribution < 1.29 is 18.7 Å². The molecule has 3 rings (SSSR count). The monoisotopic (exact) mass is 357 g/mol. The van der Waals surface area contributed by atoms with Gasteiger partial charge in [0.25, 0.3) is 5.91 Å². The first kappa shape index (κ1) is 17.9. The highest BCUT2D eigenvalue weighted by Gasteiger charge is 2.11. The van der Waals surface area contributed by atoms with Crippen molar-refractivity contribution >= 4 is 16.8 Å². The number of aromatic amines is 1. The number of amides is 1. The Hall–Kier alpha value is -2.93. The average molecular weight is 357 g/mol. The van der Waals surface area contributed by atoms with Gasteiger partial charge in [-0.2, -0.15) is 0 Å². The topological polar surface area (TPSA) is 103 Å². The number of fused-ring (bicyclic) bond motifs is 1. The number of aryl methyl sites for hydroxylation is 1. The molecule has 0 radical (unpaired) electrons. The predicted molar refractivity (Wildman–Crippen MR) is 98.7 cm³/mol. The molecule has 0 unspecified atom stereocenters. The van der Waals surface area contributed by atoms with Crippen LogP contribution in [0.3, 0.4) is 0 Å². The van der Waals surface area contributed by atoms with Gasteiger partial charge in [0.05, 0.1) is 31.8 Å². The van der Waals surface area contributed by atoms with Crippen LogP contribution in [0.15, 0.2) is 34.9 Å². The van der Waals surface area contributed by atoms with Crippen molar-refractivity contribution in [2.24, 2.45) is 5.73 Å². The van der Waals surface area contributed by atoms with Crippen LogP contribution in [0.5, 0.6) is 11.5 Å². The van der Waals surface area contributed by atoms with Gasteiger partial charge < -0.3 is 29.9 Å². The summed E-state index contributed by atoms with van der Waals surface area (Å²) >= 11 is 0. The van der Waals surface area contributed by atoms with Gasteiger partial charge in [-0.15, -0.1) is 0 Å². The third-order valence-corrected chi connectivity index (χ3v) is 4.21. The Kier molecular flexibility index (Phi) is 5.48. The van der Waals surface area contributed by atoms with E-state index in [0.29, 0.717) is 17.9 Å². The third kappa shape index (κ3) is 3.83. The van der Waals surface area contributed by atoms with Crippen LogP contribution in [0.1, 0.15) is 28.2 Å². The number of aromatic nitrogens is 1. The van der Waals surface area contributed by atoms with Crippen molar-refractivity contribution in [1.29, 1.82) is 0 Å². The van der Waals surface area contributed by atoms with Crippen LogP contribution in [0.25, 0.3) is 10.9 Å². The molecule has 0 atom stereocenters. The summed E-state index contributed by atoms with van der Waals surface area (Å²) in [5.74, 6) is 1.95. The maximum atomic E-state index is 12.0. The first-order chi connectivity index (χ1) is 12.6. The van der Waals surface area contributed by atoms with Gasteiger partial charge in [-0.3, -0.25) is 4.79 Å². The number of hydrogen-bond donors (Lipinski definition) is 3. The summed E-state index contributed by atoms with van der Waals surface area (Å²) in [6.07, 6.45) is 3.04. The van der Waals surface area contributed by atoms with E-state index < -0.39 is 0 Å². The number of carbonyl (C=O) groups excluding carboxylic acids is 1. The SMILES string of the molecule is COc1cc(OC)c2cc(CCCNC(=O)c3coc(CN)c3)[nH]c2c1. The van der Waals surface area contributed by atoms with E-state index in [1.807, 2.05) is 12.1 Å². The molecule has 0 aliphatic heterocycles. The molecule has 1 aromatic carbocycles. The summed E-state index contributed by atoms with van der Waals surface area (Å²) in [5, 5.41) is 3.90. The summed E-state index contributed by atoms with van der Waals surface area (Å²) in [6.45, 7) is 0.847. The Labute approximate surface area is 151 Å². The number of rotatable bonds is 8. The van der Waals surface area contributed by atoms with Crippen molar-refractivity contribution in [2.75, 3.05) is 20.8 Å². The standard InChI is InChI=1S/C19H23N3O4/c1-24-14-8-17-16(18(9-14)25-2)7-13(22-17)4-3-5-21-19(23)12-6-15(10-20)26-11-12/h6-9,11,22H,3-5,10,20H2,1-2H3,(H,21,23). The van der Waals surface area contributed by atoms with Crippen molar-refractivity contribution in [2.45, 2.75) is 19.4 Å². The van der Waals surface area contributed by atoms with Crippen LogP contribution in [0, 0.1) is 0 Å². The second-order valence-electron chi connectivity index (χ2n) is 5.95. The maximum absolute atomic E-state index is 12.0. The zero-order chi connectivity index (χ0) is 18.5. The lowest BCUT2D eigenvalue weighted by Crippen LogP contribution is -2.24. The van der Waals surface area contributed by atoms with E-state index in [-0.39, 0.29) is 12.5 Å². The van der Waals surface area contributed by atoms with E-state index in [0.717, 1.165) is 40.9 Å². The van der Waals surface area contributed by atoms with Crippen LogP contribution in [-0.2, 0) is 13.0 Å². The van der Waals surface area contributed by atoms with E-state index in [1.54, 1.807) is 20.3 Å². The lowest BCUT2D eigenvalue weighted by Gasteiger charge is -2.04. The van der Waals surface area contributed by atoms with Crippen LogP contribution in [-0.4, -0.2) is 31.7 Å². The van der Waals surface area contributed by atoms with Crippen molar-refractivity contribution in [3.63, 3.8) is 0 Å². The van der Waals surface area contributed by atoms with Gasteiger partial charge >= 0.3 is 0 Å². The first-order valence-corrected chi connectivity index (χ1v) is 8.44. The van der Waals surface area contributed by atoms with Crippen LogP contribution < -0.4 is 20.5 Å². The molecule has 138 valence electrons. The highest BCUT2D eigenvalue weighted by atomic mass is 16.5. The van der Waals surface area contributed by atoms with Gasteiger partial charge in [-0.05, 0) is 25.0 Å². The zero-order valence-electron chi connectivity index (χ0n) is 14.9. The summed E-state index contributed by atoms with van der Waals surface area (Å²) in [6, 6.07) is 7.53. The second kappa shape index (κ2) is 7.97. The fraction of sp³-hybridized carbons (Fsp3) is 0.316. The van der Waals surface area contributed by atoms with E-state index in [9.17, 15) is 4.79 Å². The minimum absolute atomic E-state index is 0.156. The first-order valence-electron chi connectivity index (χ1n) is 8.44. The van der Waals surface area contributed by atoms with E-state index in [4.69, 9.17) is 19.6 Å². The number of hydrogen-bond acceptors (Lipinski definition) is 5. The largest absolute Gasteiger partial charge is 0.497 e. The molecule has 4 N–H and O–H groups in total. The van der Waals surface area contributed by atoms with Crippen molar-refractivity contribution in [3.05, 3.63) is 47.5 Å². The molecule has 0 spiro atoms. The summed E-state index contributed by atoms with van der Waals surface area (Å²) in [7, 11) is 3.27. The Morgan fingerprint density at radius 3 is 2.77 bits per heavy atom. The zero-order valence-corrected chi connectivity index (χ0v) is 14.9. The van der Waals surface area contributed by atoms with Crippen molar-refractivity contribution in [1.82, 2.24) is 10.3 Å².